The van der Waals surface area contributed by atoms with Crippen LogP contribution in [0.2, 0.25) is 5.15 Å². The highest BCUT2D eigenvalue weighted by Gasteiger charge is 2.41. The van der Waals surface area contributed by atoms with Gasteiger partial charge in [0.05, 0.1) is 5.69 Å². The van der Waals surface area contributed by atoms with E-state index < -0.39 is 34.4 Å². The molecule has 1 heterocycles. The molecule has 1 N–H and O–H groups in total. The number of rotatable bonds is 2. The number of hydrogen-bond acceptors (Lipinski definition) is 2. The standard InChI is InChI=1S/C12H7ClF4N2O2/c1-5-4-6(14)2-3-7(5)19-10(13)8(11(20)21)9(18-19)12(15,16)17/h2-4H,1H3,(H,20,21). The van der Waals surface area contributed by atoms with Crippen LogP contribution in [-0.2, 0) is 6.18 Å². The van der Waals surface area contributed by atoms with Crippen molar-refractivity contribution in [2.45, 2.75) is 13.1 Å². The molecule has 4 nitrogen and oxygen atoms in total. The maximum absolute atomic E-state index is 13.0. The Morgan fingerprint density at radius 3 is 2.43 bits per heavy atom. The predicted octanol–water partition coefficient (Wildman–Crippen LogP) is 3.69. The smallest absolute Gasteiger partial charge is 0.436 e. The molecule has 112 valence electrons. The molecule has 0 atom stereocenters. The minimum absolute atomic E-state index is 0.0550. The normalized spacial score (nSPS) is 11.7. The molecule has 1 aromatic heterocycles. The third-order valence-electron chi connectivity index (χ3n) is 2.70. The van der Waals surface area contributed by atoms with Gasteiger partial charge in [0.15, 0.2) is 5.69 Å². The van der Waals surface area contributed by atoms with Gasteiger partial charge in [-0.3, -0.25) is 0 Å². The van der Waals surface area contributed by atoms with Crippen LogP contribution in [0.15, 0.2) is 18.2 Å². The second kappa shape index (κ2) is 5.03. The average molecular weight is 323 g/mol. The summed E-state index contributed by atoms with van der Waals surface area (Å²) in [6.45, 7) is 1.43. The molecule has 0 bridgehead atoms. The Labute approximate surface area is 120 Å². The molecule has 0 aliphatic heterocycles. The monoisotopic (exact) mass is 322 g/mol. The van der Waals surface area contributed by atoms with E-state index in [0.717, 1.165) is 18.2 Å². The van der Waals surface area contributed by atoms with Crippen molar-refractivity contribution < 1.29 is 27.5 Å². The van der Waals surface area contributed by atoms with Crippen molar-refractivity contribution in [3.8, 4) is 5.69 Å². The molecule has 0 radical (unpaired) electrons. The van der Waals surface area contributed by atoms with Crippen LogP contribution < -0.4 is 0 Å². The lowest BCUT2D eigenvalue weighted by molar-refractivity contribution is -0.141. The topological polar surface area (TPSA) is 55.1 Å². The zero-order chi connectivity index (χ0) is 15.9. The van der Waals surface area contributed by atoms with Gasteiger partial charge in [0, 0.05) is 0 Å². The van der Waals surface area contributed by atoms with Crippen LogP contribution in [0.3, 0.4) is 0 Å². The molecule has 0 aliphatic carbocycles. The highest BCUT2D eigenvalue weighted by atomic mass is 35.5. The van der Waals surface area contributed by atoms with Crippen molar-refractivity contribution in [3.05, 3.63) is 46.0 Å². The largest absolute Gasteiger partial charge is 0.478 e. The zero-order valence-corrected chi connectivity index (χ0v) is 11.1. The number of nitrogens with zero attached hydrogens (tertiary/aromatic N) is 2. The molecule has 9 heteroatoms. The maximum Gasteiger partial charge on any atom is 0.436 e. The van der Waals surface area contributed by atoms with E-state index >= 15 is 0 Å². The molecule has 0 saturated carbocycles. The molecule has 2 aromatic rings. The summed E-state index contributed by atoms with van der Waals surface area (Å²) >= 11 is 5.70. The number of aromatic nitrogens is 2. The second-order valence-corrected chi connectivity index (χ2v) is 4.52. The first-order chi connectivity index (χ1) is 9.62. The lowest BCUT2D eigenvalue weighted by atomic mass is 10.2. The summed E-state index contributed by atoms with van der Waals surface area (Å²) in [5, 5.41) is 11.4. The van der Waals surface area contributed by atoms with Gasteiger partial charge in [-0.15, -0.1) is 0 Å². The van der Waals surface area contributed by atoms with Crippen molar-refractivity contribution in [2.24, 2.45) is 0 Å². The number of carboxylic acid groups (broad SMARTS) is 1. The molecular weight excluding hydrogens is 316 g/mol. The molecule has 0 amide bonds. The van der Waals surface area contributed by atoms with Crippen LogP contribution in [0.1, 0.15) is 21.6 Å². The Balaban J connectivity index is 2.74. The fraction of sp³-hybridized carbons (Fsp3) is 0.167. The zero-order valence-electron chi connectivity index (χ0n) is 10.4. The highest BCUT2D eigenvalue weighted by molar-refractivity contribution is 6.33. The third kappa shape index (κ3) is 2.71. The minimum Gasteiger partial charge on any atom is -0.478 e. The molecular formula is C12H7ClF4N2O2. The van der Waals surface area contributed by atoms with Gasteiger partial charge in [-0.05, 0) is 30.7 Å². The summed E-state index contributed by atoms with van der Waals surface area (Å²) in [5.41, 5.74) is -2.44. The molecule has 0 unspecified atom stereocenters. The number of aryl methyl sites for hydroxylation is 1. The van der Waals surface area contributed by atoms with Crippen molar-refractivity contribution in [1.29, 1.82) is 0 Å². The van der Waals surface area contributed by atoms with Gasteiger partial charge < -0.3 is 5.11 Å². The molecule has 0 saturated heterocycles. The molecule has 0 fully saturated rings. The number of carboxylic acids is 1. The summed E-state index contributed by atoms with van der Waals surface area (Å²) in [4.78, 5) is 11.0. The van der Waals surface area contributed by atoms with E-state index in [1.165, 1.54) is 6.92 Å². The molecule has 0 aliphatic rings. The lowest BCUT2D eigenvalue weighted by Gasteiger charge is -2.07. The first-order valence-electron chi connectivity index (χ1n) is 5.48. The third-order valence-corrected chi connectivity index (χ3v) is 3.05. The quantitative estimate of drug-likeness (QED) is 0.858. The predicted molar refractivity (Wildman–Crippen MR) is 65.2 cm³/mol. The Kier molecular flexibility index (Phi) is 3.66. The van der Waals surface area contributed by atoms with E-state index in [1.807, 2.05) is 0 Å². The summed E-state index contributed by atoms with van der Waals surface area (Å²) < 4.78 is 52.1. The Bertz CT molecular complexity index is 725. The summed E-state index contributed by atoms with van der Waals surface area (Å²) in [6, 6.07) is 3.24. The Morgan fingerprint density at radius 2 is 2.00 bits per heavy atom. The van der Waals surface area contributed by atoms with E-state index in [-0.39, 0.29) is 11.3 Å². The minimum atomic E-state index is -4.98. The molecule has 21 heavy (non-hydrogen) atoms. The molecule has 0 spiro atoms. The number of hydrogen-bond donors (Lipinski definition) is 1. The van der Waals surface area contributed by atoms with E-state index in [2.05, 4.69) is 5.10 Å². The van der Waals surface area contributed by atoms with E-state index in [9.17, 15) is 22.4 Å². The second-order valence-electron chi connectivity index (χ2n) is 4.16. The van der Waals surface area contributed by atoms with E-state index in [4.69, 9.17) is 16.7 Å². The van der Waals surface area contributed by atoms with Crippen molar-refractivity contribution in [2.75, 3.05) is 0 Å². The average Bonchev–Trinajstić information content (AvgIpc) is 2.67. The van der Waals surface area contributed by atoms with Crippen LogP contribution in [0.5, 0.6) is 0 Å². The van der Waals surface area contributed by atoms with Crippen LogP contribution in [0, 0.1) is 12.7 Å². The van der Waals surface area contributed by atoms with Gasteiger partial charge in [-0.2, -0.15) is 18.3 Å². The van der Waals surface area contributed by atoms with Gasteiger partial charge in [-0.1, -0.05) is 11.6 Å². The first-order valence-corrected chi connectivity index (χ1v) is 5.86. The summed E-state index contributed by atoms with van der Waals surface area (Å²) in [7, 11) is 0. The fourth-order valence-electron chi connectivity index (χ4n) is 1.80. The first kappa shape index (κ1) is 15.3. The molecule has 1 aromatic carbocycles. The Morgan fingerprint density at radius 1 is 1.38 bits per heavy atom. The SMILES string of the molecule is Cc1cc(F)ccc1-n1nc(C(F)(F)F)c(C(=O)O)c1Cl. The van der Waals surface area contributed by atoms with Gasteiger partial charge >= 0.3 is 12.1 Å². The molecule has 2 rings (SSSR count). The van der Waals surface area contributed by atoms with Crippen LogP contribution in [0.25, 0.3) is 5.69 Å². The van der Waals surface area contributed by atoms with Gasteiger partial charge in [0.1, 0.15) is 16.5 Å². The van der Waals surface area contributed by atoms with Crippen LogP contribution >= 0.6 is 11.6 Å². The van der Waals surface area contributed by atoms with Gasteiger partial charge in [-0.25, -0.2) is 13.9 Å². The number of carbonyl (C=O) groups is 1. The number of halogens is 5. The van der Waals surface area contributed by atoms with Crippen molar-refractivity contribution >= 4 is 17.6 Å². The fourth-order valence-corrected chi connectivity index (χ4v) is 2.10. The van der Waals surface area contributed by atoms with Crippen molar-refractivity contribution in [1.82, 2.24) is 9.78 Å². The lowest BCUT2D eigenvalue weighted by Crippen LogP contribution is -2.12. The van der Waals surface area contributed by atoms with Crippen molar-refractivity contribution in [3.63, 3.8) is 0 Å². The number of benzene rings is 1. The Hall–Kier alpha value is -2.09. The van der Waals surface area contributed by atoms with Crippen LogP contribution in [-0.4, -0.2) is 20.9 Å². The maximum atomic E-state index is 13.0. The van der Waals surface area contributed by atoms with E-state index in [1.54, 1.807) is 0 Å². The van der Waals surface area contributed by atoms with Gasteiger partial charge in [0.25, 0.3) is 0 Å². The number of aromatic carboxylic acids is 1. The number of alkyl halides is 3. The van der Waals surface area contributed by atoms with E-state index in [0.29, 0.717) is 4.68 Å². The highest BCUT2D eigenvalue weighted by Crippen LogP contribution is 2.36. The summed E-state index contributed by atoms with van der Waals surface area (Å²) in [5.74, 6) is -2.44. The van der Waals surface area contributed by atoms with Crippen LogP contribution in [0.4, 0.5) is 17.6 Å². The summed E-state index contributed by atoms with van der Waals surface area (Å²) in [6.07, 6.45) is -4.98. The van der Waals surface area contributed by atoms with Gasteiger partial charge in [0.2, 0.25) is 0 Å².